The first kappa shape index (κ1) is 15.1. The molecular weight excluding hydrogens is 276 g/mol. The average Bonchev–Trinajstić information content (AvgIpc) is 3.30. The van der Waals surface area contributed by atoms with Gasteiger partial charge in [0.25, 0.3) is 0 Å². The van der Waals surface area contributed by atoms with Gasteiger partial charge in [-0.25, -0.2) is 4.31 Å². The van der Waals surface area contributed by atoms with Crippen molar-refractivity contribution in [2.24, 2.45) is 11.7 Å². The van der Waals surface area contributed by atoms with E-state index in [1.807, 2.05) is 11.9 Å². The molecule has 1 aromatic carbocycles. The largest absolute Gasteiger partial charge is 0.324 e. The van der Waals surface area contributed by atoms with Crippen LogP contribution in [0.5, 0.6) is 0 Å². The Bertz CT molecular complexity index is 500. The van der Waals surface area contributed by atoms with Crippen LogP contribution in [-0.4, -0.2) is 17.4 Å². The van der Waals surface area contributed by atoms with E-state index in [9.17, 15) is 0 Å². The average molecular weight is 302 g/mol. The number of benzene rings is 1. The van der Waals surface area contributed by atoms with Gasteiger partial charge in [-0.2, -0.15) is 0 Å². The summed E-state index contributed by atoms with van der Waals surface area (Å²) in [5.41, 5.74) is 8.68. The molecule has 21 heavy (non-hydrogen) atoms. The molecule has 114 valence electrons. The van der Waals surface area contributed by atoms with Gasteiger partial charge in [-0.15, -0.1) is 0 Å². The Balaban J connectivity index is 1.75. The van der Waals surface area contributed by atoms with Crippen molar-refractivity contribution in [3.05, 3.63) is 35.4 Å². The molecule has 1 aromatic rings. The van der Waals surface area contributed by atoms with Crippen LogP contribution in [0.3, 0.4) is 0 Å². The maximum atomic E-state index is 6.12. The van der Waals surface area contributed by atoms with Gasteiger partial charge in [-0.1, -0.05) is 24.6 Å². The molecule has 1 heterocycles. The van der Waals surface area contributed by atoms with Crippen LogP contribution in [0, 0.1) is 5.92 Å². The van der Waals surface area contributed by atoms with Gasteiger partial charge < -0.3 is 5.73 Å². The van der Waals surface area contributed by atoms with Gasteiger partial charge in [0.05, 0.1) is 0 Å². The summed E-state index contributed by atoms with van der Waals surface area (Å²) in [6, 6.07) is 6.85. The van der Waals surface area contributed by atoms with Crippen LogP contribution in [0.4, 0.5) is 0 Å². The van der Waals surface area contributed by atoms with Crippen LogP contribution in [0.1, 0.15) is 56.2 Å². The van der Waals surface area contributed by atoms with Crippen molar-refractivity contribution < 1.29 is 0 Å². The van der Waals surface area contributed by atoms with E-state index < -0.39 is 0 Å². The number of nitrogens with two attached hydrogens (primary N) is 1. The summed E-state index contributed by atoms with van der Waals surface area (Å²) < 4.78 is 2.50. The summed E-state index contributed by atoms with van der Waals surface area (Å²) >= 11 is 1.91. The van der Waals surface area contributed by atoms with Crippen LogP contribution >= 0.6 is 11.9 Å². The van der Waals surface area contributed by atoms with Gasteiger partial charge in [0, 0.05) is 24.0 Å². The minimum atomic E-state index is 0.0953. The molecule has 0 spiro atoms. The Kier molecular flexibility index (Phi) is 5.04. The maximum Gasteiger partial charge on any atom is 0.0272 e. The standard InChI is InChI=1S/C18H26N2S/c1-14(19)18-10-9-17(21-20-11-3-2-4-12-20)13-16(18)8-7-15-5-6-15/h7-10,13-15H,2-6,11-12,19H2,1H3/b8-7+. The number of nitrogens with zero attached hydrogens (tertiary/aromatic N) is 1. The molecule has 1 saturated heterocycles. The third kappa shape index (κ3) is 4.35. The molecule has 0 radical (unpaired) electrons. The van der Waals surface area contributed by atoms with E-state index in [1.165, 1.54) is 61.2 Å². The molecule has 0 bridgehead atoms. The Hall–Kier alpha value is -0.770. The molecular formula is C18H26N2S. The van der Waals surface area contributed by atoms with Gasteiger partial charge in [0.1, 0.15) is 0 Å². The van der Waals surface area contributed by atoms with Gasteiger partial charge in [-0.05, 0) is 73.7 Å². The van der Waals surface area contributed by atoms with Crippen LogP contribution < -0.4 is 5.73 Å². The van der Waals surface area contributed by atoms with Crippen molar-refractivity contribution in [1.29, 1.82) is 0 Å². The molecule has 3 heteroatoms. The summed E-state index contributed by atoms with van der Waals surface area (Å²) in [5, 5.41) is 0. The lowest BCUT2D eigenvalue weighted by atomic mass is 10.0. The fraction of sp³-hybridized carbons (Fsp3) is 0.556. The first-order chi connectivity index (χ1) is 10.2. The number of piperidine rings is 1. The first-order valence-corrected chi connectivity index (χ1v) is 9.00. The molecule has 1 atom stereocenters. The van der Waals surface area contributed by atoms with Crippen molar-refractivity contribution in [3.8, 4) is 0 Å². The number of hydrogen-bond acceptors (Lipinski definition) is 3. The van der Waals surface area contributed by atoms with Crippen molar-refractivity contribution in [1.82, 2.24) is 4.31 Å². The second-order valence-electron chi connectivity index (χ2n) is 6.36. The second kappa shape index (κ2) is 6.99. The minimum Gasteiger partial charge on any atom is -0.324 e. The molecule has 0 amide bonds. The lowest BCUT2D eigenvalue weighted by molar-refractivity contribution is 0.380. The van der Waals surface area contributed by atoms with Crippen molar-refractivity contribution in [2.45, 2.75) is 50.0 Å². The topological polar surface area (TPSA) is 29.3 Å². The van der Waals surface area contributed by atoms with E-state index in [1.54, 1.807) is 0 Å². The van der Waals surface area contributed by atoms with Crippen LogP contribution in [-0.2, 0) is 0 Å². The molecule has 1 aliphatic carbocycles. The highest BCUT2D eigenvalue weighted by molar-refractivity contribution is 7.97. The fourth-order valence-electron chi connectivity index (χ4n) is 2.80. The summed E-state index contributed by atoms with van der Waals surface area (Å²) in [5.74, 6) is 0.810. The zero-order valence-electron chi connectivity index (χ0n) is 12.9. The predicted molar refractivity (Wildman–Crippen MR) is 92.1 cm³/mol. The van der Waals surface area contributed by atoms with Crippen molar-refractivity contribution in [2.75, 3.05) is 13.1 Å². The van der Waals surface area contributed by atoms with Gasteiger partial charge in [-0.3, -0.25) is 0 Å². The van der Waals surface area contributed by atoms with Gasteiger partial charge >= 0.3 is 0 Å². The fourth-order valence-corrected chi connectivity index (χ4v) is 3.85. The Morgan fingerprint density at radius 2 is 2.00 bits per heavy atom. The van der Waals surface area contributed by atoms with E-state index >= 15 is 0 Å². The maximum absolute atomic E-state index is 6.12. The van der Waals surface area contributed by atoms with E-state index in [4.69, 9.17) is 5.73 Å². The van der Waals surface area contributed by atoms with Crippen LogP contribution in [0.15, 0.2) is 29.2 Å². The summed E-state index contributed by atoms with van der Waals surface area (Å²) in [6.45, 7) is 4.50. The zero-order chi connectivity index (χ0) is 14.7. The Morgan fingerprint density at radius 1 is 1.24 bits per heavy atom. The molecule has 1 unspecified atom stereocenters. The summed E-state index contributed by atoms with van der Waals surface area (Å²) in [6.07, 6.45) is 11.4. The summed E-state index contributed by atoms with van der Waals surface area (Å²) in [4.78, 5) is 1.34. The molecule has 3 rings (SSSR count). The minimum absolute atomic E-state index is 0.0953. The number of hydrogen-bond donors (Lipinski definition) is 1. The first-order valence-electron chi connectivity index (χ1n) is 8.23. The SMILES string of the molecule is CC(N)c1ccc(SN2CCCCC2)cc1/C=C/C1CC1. The van der Waals surface area contributed by atoms with E-state index in [0.29, 0.717) is 0 Å². The molecule has 2 aliphatic rings. The van der Waals surface area contributed by atoms with Crippen LogP contribution in [0.2, 0.25) is 0 Å². The summed E-state index contributed by atoms with van der Waals surface area (Å²) in [7, 11) is 0. The third-order valence-corrected chi connectivity index (χ3v) is 5.36. The van der Waals surface area contributed by atoms with E-state index in [2.05, 4.69) is 41.6 Å². The monoisotopic (exact) mass is 302 g/mol. The lowest BCUT2D eigenvalue weighted by Crippen LogP contribution is -2.22. The van der Waals surface area contributed by atoms with E-state index in [-0.39, 0.29) is 6.04 Å². The molecule has 1 saturated carbocycles. The smallest absolute Gasteiger partial charge is 0.0272 e. The molecule has 0 aromatic heterocycles. The second-order valence-corrected chi connectivity index (χ2v) is 7.53. The number of allylic oxidation sites excluding steroid dienone is 1. The third-order valence-electron chi connectivity index (χ3n) is 4.27. The highest BCUT2D eigenvalue weighted by Gasteiger charge is 2.18. The van der Waals surface area contributed by atoms with Gasteiger partial charge in [0.2, 0.25) is 0 Å². The highest BCUT2D eigenvalue weighted by atomic mass is 32.2. The van der Waals surface area contributed by atoms with Crippen LogP contribution in [0.25, 0.3) is 6.08 Å². The Morgan fingerprint density at radius 3 is 2.67 bits per heavy atom. The zero-order valence-corrected chi connectivity index (χ0v) is 13.7. The molecule has 2 N–H and O–H groups in total. The molecule has 2 nitrogen and oxygen atoms in total. The van der Waals surface area contributed by atoms with Crippen molar-refractivity contribution >= 4 is 18.0 Å². The number of rotatable bonds is 5. The van der Waals surface area contributed by atoms with Gasteiger partial charge in [0.15, 0.2) is 0 Å². The predicted octanol–water partition coefficient (Wildman–Crippen LogP) is 4.62. The van der Waals surface area contributed by atoms with Crippen molar-refractivity contribution in [3.63, 3.8) is 0 Å². The molecule has 2 fully saturated rings. The molecule has 1 aliphatic heterocycles. The highest BCUT2D eigenvalue weighted by Crippen LogP contribution is 2.33. The lowest BCUT2D eigenvalue weighted by Gasteiger charge is -2.25. The van der Waals surface area contributed by atoms with E-state index in [0.717, 1.165) is 5.92 Å². The Labute approximate surface area is 132 Å². The normalized spacial score (nSPS) is 21.8. The quantitative estimate of drug-likeness (QED) is 0.805.